The zero-order chi connectivity index (χ0) is 14.9. The number of fused-ring (bicyclic) bond motifs is 1. The lowest BCUT2D eigenvalue weighted by atomic mass is 10.2. The third-order valence-electron chi connectivity index (χ3n) is 2.94. The molecule has 0 aliphatic rings. The smallest absolute Gasteiger partial charge is 0.316 e. The fourth-order valence-corrected chi connectivity index (χ4v) is 2.74. The molecule has 1 unspecified atom stereocenters. The molecule has 1 N–H and O–H groups in total. The van der Waals surface area contributed by atoms with E-state index in [1.165, 1.54) is 6.07 Å². The molecule has 6 nitrogen and oxygen atoms in total. The summed E-state index contributed by atoms with van der Waals surface area (Å²) in [6, 6.07) is 4.85. The predicted molar refractivity (Wildman–Crippen MR) is 74.3 cm³/mol. The van der Waals surface area contributed by atoms with Crippen LogP contribution in [0.4, 0.5) is 0 Å². The Bertz CT molecular complexity index is 749. The van der Waals surface area contributed by atoms with Gasteiger partial charge in [-0.2, -0.15) is 0 Å². The van der Waals surface area contributed by atoms with Crippen molar-refractivity contribution in [1.82, 2.24) is 9.97 Å². The minimum Gasteiger partial charge on any atom is -0.465 e. The third kappa shape index (κ3) is 2.67. The molecular formula is C13H16N2O4S. The molecule has 2 aromatic rings. The van der Waals surface area contributed by atoms with Crippen LogP contribution in [0.5, 0.6) is 0 Å². The molecular weight excluding hydrogens is 280 g/mol. The standard InChI is InChI=1S/C13H16N2O4S/c1-4-19-13(16)8(2)12-14-9-6-5-7-10(11(9)15-12)20(3,17)18/h5-8H,4H2,1-3H3,(H,14,15). The van der Waals surface area contributed by atoms with E-state index < -0.39 is 21.7 Å². The average molecular weight is 296 g/mol. The van der Waals surface area contributed by atoms with Gasteiger partial charge in [-0.15, -0.1) is 0 Å². The number of imidazole rings is 1. The number of esters is 1. The van der Waals surface area contributed by atoms with Crippen molar-refractivity contribution in [1.29, 1.82) is 0 Å². The van der Waals surface area contributed by atoms with Crippen molar-refractivity contribution in [2.75, 3.05) is 12.9 Å². The number of carbonyl (C=O) groups excluding carboxylic acids is 1. The molecule has 0 aliphatic heterocycles. The number of hydrogen-bond donors (Lipinski definition) is 1. The maximum Gasteiger partial charge on any atom is 0.316 e. The van der Waals surface area contributed by atoms with Gasteiger partial charge in [-0.05, 0) is 26.0 Å². The van der Waals surface area contributed by atoms with Crippen molar-refractivity contribution in [2.24, 2.45) is 0 Å². The van der Waals surface area contributed by atoms with E-state index in [4.69, 9.17) is 4.74 Å². The Balaban J connectivity index is 2.52. The number of aromatic nitrogens is 2. The van der Waals surface area contributed by atoms with Crippen LogP contribution in [0.3, 0.4) is 0 Å². The van der Waals surface area contributed by atoms with Gasteiger partial charge in [0.25, 0.3) is 0 Å². The number of aromatic amines is 1. The SMILES string of the molecule is CCOC(=O)C(C)c1nc2c(S(C)(=O)=O)cccc2[nH]1. The zero-order valence-electron chi connectivity index (χ0n) is 11.5. The summed E-state index contributed by atoms with van der Waals surface area (Å²) in [5, 5.41) is 0. The molecule has 0 fully saturated rings. The van der Waals surface area contributed by atoms with Gasteiger partial charge in [0.1, 0.15) is 17.3 Å². The lowest BCUT2D eigenvalue weighted by molar-refractivity contribution is -0.144. The Morgan fingerprint density at radius 1 is 1.45 bits per heavy atom. The molecule has 20 heavy (non-hydrogen) atoms. The van der Waals surface area contributed by atoms with E-state index in [0.717, 1.165) is 6.26 Å². The highest BCUT2D eigenvalue weighted by Gasteiger charge is 2.22. The summed E-state index contributed by atoms with van der Waals surface area (Å²) < 4.78 is 28.4. The van der Waals surface area contributed by atoms with Crippen LogP contribution in [0.2, 0.25) is 0 Å². The van der Waals surface area contributed by atoms with Crippen LogP contribution < -0.4 is 0 Å². The maximum atomic E-state index is 11.7. The minimum atomic E-state index is -3.37. The van der Waals surface area contributed by atoms with Gasteiger partial charge in [0.2, 0.25) is 0 Å². The normalized spacial score (nSPS) is 13.3. The Hall–Kier alpha value is -1.89. The summed E-state index contributed by atoms with van der Waals surface area (Å²) in [5.41, 5.74) is 0.931. The second kappa shape index (κ2) is 5.24. The lowest BCUT2D eigenvalue weighted by Gasteiger charge is -2.06. The van der Waals surface area contributed by atoms with E-state index in [2.05, 4.69) is 9.97 Å². The van der Waals surface area contributed by atoms with Crippen molar-refractivity contribution < 1.29 is 17.9 Å². The highest BCUT2D eigenvalue weighted by molar-refractivity contribution is 7.91. The van der Waals surface area contributed by atoms with Crippen LogP contribution in [-0.4, -0.2) is 37.2 Å². The van der Waals surface area contributed by atoms with Crippen molar-refractivity contribution in [2.45, 2.75) is 24.7 Å². The first kappa shape index (κ1) is 14.5. The van der Waals surface area contributed by atoms with Crippen molar-refractivity contribution in [3.05, 3.63) is 24.0 Å². The molecule has 1 heterocycles. The first-order chi connectivity index (χ1) is 9.34. The summed E-state index contributed by atoms with van der Waals surface area (Å²) in [6.07, 6.45) is 1.13. The quantitative estimate of drug-likeness (QED) is 0.866. The van der Waals surface area contributed by atoms with Crippen LogP contribution in [0.25, 0.3) is 11.0 Å². The molecule has 0 aliphatic carbocycles. The number of nitrogens with zero attached hydrogens (tertiary/aromatic N) is 1. The van der Waals surface area contributed by atoms with Gasteiger partial charge in [0.15, 0.2) is 9.84 Å². The Morgan fingerprint density at radius 2 is 2.15 bits per heavy atom. The number of benzene rings is 1. The van der Waals surface area contributed by atoms with Crippen molar-refractivity contribution in [3.63, 3.8) is 0 Å². The summed E-state index contributed by atoms with van der Waals surface area (Å²) in [5.74, 6) is -0.572. The number of ether oxygens (including phenoxy) is 1. The van der Waals surface area contributed by atoms with E-state index in [9.17, 15) is 13.2 Å². The molecule has 0 spiro atoms. The number of sulfone groups is 1. The minimum absolute atomic E-state index is 0.147. The Kier molecular flexibility index (Phi) is 3.80. The van der Waals surface area contributed by atoms with Gasteiger partial charge < -0.3 is 9.72 Å². The average Bonchev–Trinajstić information content (AvgIpc) is 2.80. The first-order valence-corrected chi connectivity index (χ1v) is 8.09. The van der Waals surface area contributed by atoms with Gasteiger partial charge in [-0.3, -0.25) is 4.79 Å². The molecule has 0 saturated heterocycles. The first-order valence-electron chi connectivity index (χ1n) is 6.20. The zero-order valence-corrected chi connectivity index (χ0v) is 12.3. The molecule has 0 radical (unpaired) electrons. The van der Waals surface area contributed by atoms with Crippen LogP contribution in [0, 0.1) is 0 Å². The second-order valence-corrected chi connectivity index (χ2v) is 6.50. The predicted octanol–water partition coefficient (Wildman–Crippen LogP) is 1.63. The number of nitrogens with one attached hydrogen (secondary N) is 1. The highest BCUT2D eigenvalue weighted by Crippen LogP contribution is 2.24. The van der Waals surface area contributed by atoms with Crippen molar-refractivity contribution in [3.8, 4) is 0 Å². The fourth-order valence-electron chi connectivity index (χ4n) is 1.91. The monoisotopic (exact) mass is 296 g/mol. The molecule has 0 bridgehead atoms. The van der Waals surface area contributed by atoms with Gasteiger partial charge in [0.05, 0.1) is 17.0 Å². The lowest BCUT2D eigenvalue weighted by Crippen LogP contribution is -2.14. The summed E-state index contributed by atoms with van der Waals surface area (Å²) in [7, 11) is -3.37. The van der Waals surface area contributed by atoms with Crippen LogP contribution in [-0.2, 0) is 19.4 Å². The van der Waals surface area contributed by atoms with E-state index in [-0.39, 0.29) is 11.5 Å². The topological polar surface area (TPSA) is 89.1 Å². The number of hydrogen-bond acceptors (Lipinski definition) is 5. The molecule has 1 aromatic heterocycles. The van der Waals surface area contributed by atoms with Gasteiger partial charge >= 0.3 is 5.97 Å². The number of H-pyrrole nitrogens is 1. The molecule has 2 rings (SSSR count). The highest BCUT2D eigenvalue weighted by atomic mass is 32.2. The summed E-state index contributed by atoms with van der Waals surface area (Å²) in [4.78, 5) is 19.1. The Labute approximate surface area is 117 Å². The second-order valence-electron chi connectivity index (χ2n) is 4.52. The van der Waals surface area contributed by atoms with E-state index in [0.29, 0.717) is 16.9 Å². The summed E-state index contributed by atoms with van der Waals surface area (Å²) >= 11 is 0. The van der Waals surface area contributed by atoms with Crippen LogP contribution in [0.15, 0.2) is 23.1 Å². The van der Waals surface area contributed by atoms with Crippen LogP contribution >= 0.6 is 0 Å². The number of para-hydroxylation sites is 1. The molecule has 0 amide bonds. The molecule has 1 aromatic carbocycles. The maximum absolute atomic E-state index is 11.7. The van der Waals surface area contributed by atoms with Crippen molar-refractivity contribution >= 4 is 26.8 Å². The largest absolute Gasteiger partial charge is 0.465 e. The van der Waals surface area contributed by atoms with Gasteiger partial charge in [-0.25, -0.2) is 13.4 Å². The number of rotatable bonds is 4. The number of carbonyl (C=O) groups is 1. The molecule has 7 heteroatoms. The molecule has 0 saturated carbocycles. The van der Waals surface area contributed by atoms with Gasteiger partial charge in [-0.1, -0.05) is 6.07 Å². The third-order valence-corrected chi connectivity index (χ3v) is 4.07. The Morgan fingerprint density at radius 3 is 2.75 bits per heavy atom. The van der Waals surface area contributed by atoms with E-state index in [1.54, 1.807) is 26.0 Å². The van der Waals surface area contributed by atoms with E-state index >= 15 is 0 Å². The summed E-state index contributed by atoms with van der Waals surface area (Å²) in [6.45, 7) is 3.68. The fraction of sp³-hybridized carbons (Fsp3) is 0.385. The van der Waals surface area contributed by atoms with E-state index in [1.807, 2.05) is 0 Å². The molecule has 1 atom stereocenters. The van der Waals surface area contributed by atoms with Crippen LogP contribution in [0.1, 0.15) is 25.6 Å². The molecule has 108 valence electrons. The van der Waals surface area contributed by atoms with Gasteiger partial charge in [0, 0.05) is 6.26 Å².